The van der Waals surface area contributed by atoms with Gasteiger partial charge in [-0.2, -0.15) is 0 Å². The SMILES string of the molecule is CC1NC(=O)NC(=O)C1S(=O)(=O)N1CCCC(C(=O)NCCc2ccccc2)C1. The molecule has 3 unspecified atom stereocenters. The number of carbonyl (C=O) groups is 3. The molecule has 9 nitrogen and oxygen atoms in total. The first-order chi connectivity index (χ1) is 13.8. The fourth-order valence-electron chi connectivity index (χ4n) is 3.79. The number of imide groups is 1. The van der Waals surface area contributed by atoms with E-state index in [1.807, 2.05) is 35.6 Å². The molecule has 1 aromatic carbocycles. The van der Waals surface area contributed by atoms with Gasteiger partial charge in [0.15, 0.2) is 5.25 Å². The monoisotopic (exact) mass is 422 g/mol. The summed E-state index contributed by atoms with van der Waals surface area (Å²) in [7, 11) is -4.01. The molecule has 3 N–H and O–H groups in total. The molecule has 0 radical (unpaired) electrons. The standard InChI is InChI=1S/C19H26N4O5S/c1-13-16(18(25)22-19(26)21-13)29(27,28)23-11-5-8-15(12-23)17(24)20-10-9-14-6-3-2-4-7-14/h2-4,6-7,13,15-16H,5,8-12H2,1H3,(H,20,24)(H2,21,22,25,26). The molecule has 3 atom stereocenters. The summed E-state index contributed by atoms with van der Waals surface area (Å²) in [6.45, 7) is 2.24. The molecule has 2 saturated heterocycles. The lowest BCUT2D eigenvalue weighted by Gasteiger charge is -2.36. The van der Waals surface area contributed by atoms with Crippen molar-refractivity contribution in [1.29, 1.82) is 0 Å². The van der Waals surface area contributed by atoms with Gasteiger partial charge in [-0.1, -0.05) is 30.3 Å². The number of carbonyl (C=O) groups excluding carboxylic acids is 3. The Morgan fingerprint density at radius 3 is 2.66 bits per heavy atom. The predicted octanol–water partition coefficient (Wildman–Crippen LogP) is -0.0164. The summed E-state index contributed by atoms with van der Waals surface area (Å²) in [4.78, 5) is 36.1. The molecule has 2 fully saturated rings. The van der Waals surface area contributed by atoms with Crippen molar-refractivity contribution in [3.63, 3.8) is 0 Å². The van der Waals surface area contributed by atoms with Gasteiger partial charge < -0.3 is 10.6 Å². The van der Waals surface area contributed by atoms with E-state index in [9.17, 15) is 22.8 Å². The van der Waals surface area contributed by atoms with E-state index < -0.39 is 39.2 Å². The minimum atomic E-state index is -4.01. The van der Waals surface area contributed by atoms with Crippen LogP contribution in [0.5, 0.6) is 0 Å². The number of nitrogens with one attached hydrogen (secondary N) is 3. The Labute approximate surface area is 170 Å². The fourth-order valence-corrected chi connectivity index (χ4v) is 5.79. The third kappa shape index (κ3) is 4.94. The third-order valence-electron chi connectivity index (χ3n) is 5.30. The van der Waals surface area contributed by atoms with Gasteiger partial charge in [0.2, 0.25) is 21.8 Å². The quantitative estimate of drug-likeness (QED) is 0.594. The normalized spacial score (nSPS) is 25.8. The van der Waals surface area contributed by atoms with E-state index in [0.29, 0.717) is 25.8 Å². The molecule has 4 amide bonds. The van der Waals surface area contributed by atoms with Crippen LogP contribution < -0.4 is 16.0 Å². The largest absolute Gasteiger partial charge is 0.355 e. The molecule has 158 valence electrons. The number of amides is 4. The lowest BCUT2D eigenvalue weighted by atomic mass is 9.99. The van der Waals surface area contributed by atoms with E-state index in [2.05, 4.69) is 10.6 Å². The number of hydrogen-bond acceptors (Lipinski definition) is 5. The van der Waals surface area contributed by atoms with Crippen LogP contribution in [0.4, 0.5) is 4.79 Å². The van der Waals surface area contributed by atoms with Crippen LogP contribution in [0.1, 0.15) is 25.3 Å². The highest BCUT2D eigenvalue weighted by atomic mass is 32.2. The molecule has 3 rings (SSSR count). The summed E-state index contributed by atoms with van der Waals surface area (Å²) in [5.41, 5.74) is 1.11. The summed E-state index contributed by atoms with van der Waals surface area (Å²) in [5, 5.41) is 5.91. The van der Waals surface area contributed by atoms with Crippen molar-refractivity contribution in [2.45, 2.75) is 37.5 Å². The second-order valence-corrected chi connectivity index (χ2v) is 9.49. The minimum Gasteiger partial charge on any atom is -0.355 e. The van der Waals surface area contributed by atoms with Crippen LogP contribution in [0, 0.1) is 5.92 Å². The molecule has 2 heterocycles. The minimum absolute atomic E-state index is 0.0317. The van der Waals surface area contributed by atoms with Gasteiger partial charge in [-0.05, 0) is 31.7 Å². The van der Waals surface area contributed by atoms with Crippen molar-refractivity contribution in [2.75, 3.05) is 19.6 Å². The summed E-state index contributed by atoms with van der Waals surface area (Å²) in [6.07, 6.45) is 1.82. The highest BCUT2D eigenvalue weighted by Gasteiger charge is 2.46. The van der Waals surface area contributed by atoms with Gasteiger partial charge in [0.1, 0.15) is 0 Å². The van der Waals surface area contributed by atoms with E-state index in [-0.39, 0.29) is 19.0 Å². The zero-order chi connectivity index (χ0) is 21.0. The summed E-state index contributed by atoms with van der Waals surface area (Å²) < 4.78 is 27.2. The summed E-state index contributed by atoms with van der Waals surface area (Å²) in [6, 6.07) is 8.21. The zero-order valence-electron chi connectivity index (χ0n) is 16.3. The second-order valence-electron chi connectivity index (χ2n) is 7.44. The molecule has 1 aromatic rings. The Bertz CT molecular complexity index is 874. The number of benzene rings is 1. The maximum atomic E-state index is 13.0. The zero-order valence-corrected chi connectivity index (χ0v) is 17.1. The summed E-state index contributed by atoms with van der Waals surface area (Å²) in [5.74, 6) is -1.49. The topological polar surface area (TPSA) is 125 Å². The van der Waals surface area contributed by atoms with Crippen molar-refractivity contribution in [3.05, 3.63) is 35.9 Å². The van der Waals surface area contributed by atoms with E-state index in [1.54, 1.807) is 0 Å². The fraction of sp³-hybridized carbons (Fsp3) is 0.526. The molecule has 29 heavy (non-hydrogen) atoms. The second kappa shape index (κ2) is 8.91. The lowest BCUT2D eigenvalue weighted by Crippen LogP contribution is -2.65. The number of urea groups is 1. The first-order valence-corrected chi connectivity index (χ1v) is 11.2. The van der Waals surface area contributed by atoms with Crippen LogP contribution >= 0.6 is 0 Å². The Kier molecular flexibility index (Phi) is 6.53. The van der Waals surface area contributed by atoms with E-state index in [4.69, 9.17) is 0 Å². The Morgan fingerprint density at radius 1 is 1.24 bits per heavy atom. The van der Waals surface area contributed by atoms with Crippen molar-refractivity contribution >= 4 is 27.9 Å². The van der Waals surface area contributed by atoms with Crippen molar-refractivity contribution in [1.82, 2.24) is 20.3 Å². The van der Waals surface area contributed by atoms with Crippen LogP contribution in [-0.2, 0) is 26.0 Å². The average Bonchev–Trinajstić information content (AvgIpc) is 2.68. The molecule has 2 aliphatic heterocycles. The van der Waals surface area contributed by atoms with Crippen molar-refractivity contribution in [2.24, 2.45) is 5.92 Å². The highest BCUT2D eigenvalue weighted by molar-refractivity contribution is 7.90. The predicted molar refractivity (Wildman–Crippen MR) is 106 cm³/mol. The van der Waals surface area contributed by atoms with Crippen LogP contribution in [0.15, 0.2) is 30.3 Å². The van der Waals surface area contributed by atoms with Crippen LogP contribution in [0.25, 0.3) is 0 Å². The number of hydrogen-bond donors (Lipinski definition) is 3. The summed E-state index contributed by atoms with van der Waals surface area (Å²) >= 11 is 0. The van der Waals surface area contributed by atoms with E-state index in [0.717, 1.165) is 5.56 Å². The molecule has 10 heteroatoms. The van der Waals surface area contributed by atoms with E-state index in [1.165, 1.54) is 11.2 Å². The third-order valence-corrected chi connectivity index (χ3v) is 7.62. The molecule has 0 aromatic heterocycles. The van der Waals surface area contributed by atoms with Crippen LogP contribution in [-0.4, -0.2) is 61.5 Å². The molecular formula is C19H26N4O5S. The Morgan fingerprint density at radius 2 is 1.97 bits per heavy atom. The average molecular weight is 423 g/mol. The van der Waals surface area contributed by atoms with Crippen LogP contribution in [0.3, 0.4) is 0 Å². The van der Waals surface area contributed by atoms with Crippen LogP contribution in [0.2, 0.25) is 0 Å². The molecule has 0 saturated carbocycles. The van der Waals surface area contributed by atoms with Gasteiger partial charge in [-0.3, -0.25) is 14.9 Å². The maximum Gasteiger partial charge on any atom is 0.321 e. The van der Waals surface area contributed by atoms with Gasteiger partial charge in [0.05, 0.1) is 12.0 Å². The van der Waals surface area contributed by atoms with Gasteiger partial charge in [0.25, 0.3) is 0 Å². The molecule has 2 aliphatic rings. The molecular weight excluding hydrogens is 396 g/mol. The van der Waals surface area contributed by atoms with Gasteiger partial charge >= 0.3 is 6.03 Å². The van der Waals surface area contributed by atoms with E-state index >= 15 is 0 Å². The smallest absolute Gasteiger partial charge is 0.321 e. The maximum absolute atomic E-state index is 13.0. The Balaban J connectivity index is 1.59. The van der Waals surface area contributed by atoms with Crippen molar-refractivity contribution < 1.29 is 22.8 Å². The number of rotatable bonds is 6. The Hall–Kier alpha value is -2.46. The van der Waals surface area contributed by atoms with Crippen molar-refractivity contribution in [3.8, 4) is 0 Å². The highest BCUT2D eigenvalue weighted by Crippen LogP contribution is 2.24. The van der Waals surface area contributed by atoms with Gasteiger partial charge in [-0.15, -0.1) is 0 Å². The number of nitrogens with zero attached hydrogens (tertiary/aromatic N) is 1. The van der Waals surface area contributed by atoms with Gasteiger partial charge in [-0.25, -0.2) is 17.5 Å². The first-order valence-electron chi connectivity index (χ1n) is 9.71. The number of sulfonamides is 1. The molecule has 0 aliphatic carbocycles. The molecule has 0 bridgehead atoms. The number of piperidine rings is 1. The molecule has 0 spiro atoms. The van der Waals surface area contributed by atoms with Gasteiger partial charge in [0, 0.05) is 19.6 Å². The first kappa shape index (κ1) is 21.3. The lowest BCUT2D eigenvalue weighted by molar-refractivity contribution is -0.126.